The summed E-state index contributed by atoms with van der Waals surface area (Å²) in [6.45, 7) is 4.69. The summed E-state index contributed by atoms with van der Waals surface area (Å²) in [6, 6.07) is 5.48. The van der Waals surface area contributed by atoms with Gasteiger partial charge in [0.2, 0.25) is 5.91 Å². The van der Waals surface area contributed by atoms with Crippen molar-refractivity contribution in [1.82, 2.24) is 10.6 Å². The molecule has 0 aromatic heterocycles. The fraction of sp³-hybridized carbons (Fsp3) is 0.417. The van der Waals surface area contributed by atoms with Gasteiger partial charge in [0.1, 0.15) is 0 Å². The van der Waals surface area contributed by atoms with Crippen molar-refractivity contribution in [3.05, 3.63) is 33.8 Å². The standard InChI is InChI=1S/C12H16Cl2N2O/c1-8(2)16-12(17)7-15-6-9-3-10(13)5-11(14)4-9/h3-5,8,15H,6-7H2,1-2H3,(H,16,17). The number of benzene rings is 1. The maximum atomic E-state index is 11.4. The summed E-state index contributed by atoms with van der Waals surface area (Å²) in [6.07, 6.45) is 0. The SMILES string of the molecule is CC(C)NC(=O)CNCc1cc(Cl)cc(Cl)c1. The summed E-state index contributed by atoms with van der Waals surface area (Å²) < 4.78 is 0. The second kappa shape index (κ2) is 6.84. The van der Waals surface area contributed by atoms with Gasteiger partial charge in [-0.05, 0) is 37.6 Å². The van der Waals surface area contributed by atoms with Gasteiger partial charge < -0.3 is 10.6 Å². The third kappa shape index (κ3) is 5.91. The third-order valence-electron chi connectivity index (χ3n) is 1.99. The van der Waals surface area contributed by atoms with Crippen LogP contribution in [0.5, 0.6) is 0 Å². The van der Waals surface area contributed by atoms with E-state index in [1.165, 1.54) is 0 Å². The Balaban J connectivity index is 2.38. The number of rotatable bonds is 5. The Bertz CT molecular complexity index is 374. The Morgan fingerprint density at radius 2 is 1.82 bits per heavy atom. The zero-order valence-electron chi connectivity index (χ0n) is 9.89. The normalized spacial score (nSPS) is 10.6. The highest BCUT2D eigenvalue weighted by atomic mass is 35.5. The maximum Gasteiger partial charge on any atom is 0.234 e. The number of amides is 1. The molecule has 0 heterocycles. The van der Waals surface area contributed by atoms with Crippen molar-refractivity contribution >= 4 is 29.1 Å². The Morgan fingerprint density at radius 3 is 2.35 bits per heavy atom. The van der Waals surface area contributed by atoms with Crippen LogP contribution in [0.25, 0.3) is 0 Å². The molecule has 0 saturated heterocycles. The molecule has 0 aliphatic heterocycles. The first-order chi connectivity index (χ1) is 7.97. The predicted molar refractivity (Wildman–Crippen MR) is 71.4 cm³/mol. The summed E-state index contributed by atoms with van der Waals surface area (Å²) in [5.74, 6) is -0.0203. The molecule has 2 N–H and O–H groups in total. The maximum absolute atomic E-state index is 11.4. The van der Waals surface area contributed by atoms with E-state index < -0.39 is 0 Å². The van der Waals surface area contributed by atoms with Crippen LogP contribution in [0.2, 0.25) is 10.0 Å². The fourth-order valence-electron chi connectivity index (χ4n) is 1.41. The quantitative estimate of drug-likeness (QED) is 0.867. The van der Waals surface area contributed by atoms with Crippen molar-refractivity contribution < 1.29 is 4.79 Å². The van der Waals surface area contributed by atoms with Gasteiger partial charge in [-0.2, -0.15) is 0 Å². The number of nitrogens with one attached hydrogen (secondary N) is 2. The predicted octanol–water partition coefficient (Wildman–Crippen LogP) is 2.61. The molecule has 5 heteroatoms. The Kier molecular flexibility index (Phi) is 5.75. The molecule has 0 unspecified atom stereocenters. The molecular weight excluding hydrogens is 259 g/mol. The van der Waals surface area contributed by atoms with Crippen molar-refractivity contribution in [3.8, 4) is 0 Å². The highest BCUT2D eigenvalue weighted by molar-refractivity contribution is 6.34. The van der Waals surface area contributed by atoms with Crippen LogP contribution in [-0.2, 0) is 11.3 Å². The molecule has 0 fully saturated rings. The number of hydrogen-bond acceptors (Lipinski definition) is 2. The van der Waals surface area contributed by atoms with Crippen molar-refractivity contribution in [2.75, 3.05) is 6.54 Å². The van der Waals surface area contributed by atoms with Crippen molar-refractivity contribution in [2.24, 2.45) is 0 Å². The van der Waals surface area contributed by atoms with E-state index in [1.54, 1.807) is 6.07 Å². The van der Waals surface area contributed by atoms with E-state index in [0.29, 0.717) is 16.6 Å². The molecule has 1 rings (SSSR count). The Morgan fingerprint density at radius 1 is 1.24 bits per heavy atom. The van der Waals surface area contributed by atoms with E-state index in [4.69, 9.17) is 23.2 Å². The van der Waals surface area contributed by atoms with E-state index in [9.17, 15) is 4.79 Å². The molecule has 94 valence electrons. The van der Waals surface area contributed by atoms with Crippen LogP contribution in [0.4, 0.5) is 0 Å². The first kappa shape index (κ1) is 14.3. The molecule has 0 atom stereocenters. The van der Waals surface area contributed by atoms with Crippen LogP contribution in [0.15, 0.2) is 18.2 Å². The van der Waals surface area contributed by atoms with Crippen LogP contribution in [0.3, 0.4) is 0 Å². The molecule has 1 aromatic carbocycles. The summed E-state index contributed by atoms with van der Waals surface area (Å²) in [4.78, 5) is 11.4. The summed E-state index contributed by atoms with van der Waals surface area (Å²) in [7, 11) is 0. The van der Waals surface area contributed by atoms with Gasteiger partial charge in [-0.1, -0.05) is 23.2 Å². The van der Waals surface area contributed by atoms with Crippen LogP contribution in [-0.4, -0.2) is 18.5 Å². The number of carbonyl (C=O) groups is 1. The minimum absolute atomic E-state index is 0.0203. The Hall–Kier alpha value is -0.770. The smallest absolute Gasteiger partial charge is 0.234 e. The molecule has 1 aromatic rings. The molecular formula is C12H16Cl2N2O. The van der Waals surface area contributed by atoms with E-state index >= 15 is 0 Å². The minimum atomic E-state index is -0.0203. The average Bonchev–Trinajstić information content (AvgIpc) is 2.14. The number of hydrogen-bond donors (Lipinski definition) is 2. The molecule has 0 radical (unpaired) electrons. The van der Waals surface area contributed by atoms with Gasteiger partial charge in [0, 0.05) is 22.6 Å². The van der Waals surface area contributed by atoms with Gasteiger partial charge in [-0.3, -0.25) is 4.79 Å². The zero-order chi connectivity index (χ0) is 12.8. The van der Waals surface area contributed by atoms with E-state index in [0.717, 1.165) is 5.56 Å². The Labute approximate surface area is 111 Å². The van der Waals surface area contributed by atoms with Crippen LogP contribution >= 0.6 is 23.2 Å². The lowest BCUT2D eigenvalue weighted by atomic mass is 10.2. The molecule has 0 bridgehead atoms. The first-order valence-corrected chi connectivity index (χ1v) is 6.18. The van der Waals surface area contributed by atoms with Crippen LogP contribution in [0.1, 0.15) is 19.4 Å². The van der Waals surface area contributed by atoms with Crippen LogP contribution < -0.4 is 10.6 Å². The van der Waals surface area contributed by atoms with Crippen molar-refractivity contribution in [3.63, 3.8) is 0 Å². The summed E-state index contributed by atoms with van der Waals surface area (Å²) >= 11 is 11.7. The fourth-order valence-corrected chi connectivity index (χ4v) is 1.98. The first-order valence-electron chi connectivity index (χ1n) is 5.42. The van der Waals surface area contributed by atoms with Crippen molar-refractivity contribution in [1.29, 1.82) is 0 Å². The van der Waals surface area contributed by atoms with Gasteiger partial charge in [0.05, 0.1) is 6.54 Å². The molecule has 0 aliphatic carbocycles. The lowest BCUT2D eigenvalue weighted by Crippen LogP contribution is -2.37. The average molecular weight is 275 g/mol. The molecule has 0 aliphatic rings. The third-order valence-corrected chi connectivity index (χ3v) is 2.42. The largest absolute Gasteiger partial charge is 0.353 e. The molecule has 3 nitrogen and oxygen atoms in total. The monoisotopic (exact) mass is 274 g/mol. The molecule has 17 heavy (non-hydrogen) atoms. The topological polar surface area (TPSA) is 41.1 Å². The minimum Gasteiger partial charge on any atom is -0.353 e. The second-order valence-corrected chi connectivity index (χ2v) is 4.98. The van der Waals surface area contributed by atoms with Gasteiger partial charge in [-0.25, -0.2) is 0 Å². The van der Waals surface area contributed by atoms with Crippen molar-refractivity contribution in [2.45, 2.75) is 26.4 Å². The van der Waals surface area contributed by atoms with E-state index in [-0.39, 0.29) is 18.5 Å². The van der Waals surface area contributed by atoms with Crippen LogP contribution in [0, 0.1) is 0 Å². The lowest BCUT2D eigenvalue weighted by Gasteiger charge is -2.09. The van der Waals surface area contributed by atoms with Gasteiger partial charge in [-0.15, -0.1) is 0 Å². The molecule has 0 saturated carbocycles. The summed E-state index contributed by atoms with van der Waals surface area (Å²) in [5.41, 5.74) is 0.958. The van der Waals surface area contributed by atoms with E-state index in [2.05, 4.69) is 10.6 Å². The number of halogens is 2. The van der Waals surface area contributed by atoms with E-state index in [1.807, 2.05) is 26.0 Å². The summed E-state index contributed by atoms with van der Waals surface area (Å²) in [5, 5.41) is 7.03. The van der Waals surface area contributed by atoms with Gasteiger partial charge >= 0.3 is 0 Å². The molecule has 1 amide bonds. The van der Waals surface area contributed by atoms with Gasteiger partial charge in [0.15, 0.2) is 0 Å². The highest BCUT2D eigenvalue weighted by Gasteiger charge is 2.03. The highest BCUT2D eigenvalue weighted by Crippen LogP contribution is 2.18. The number of carbonyl (C=O) groups excluding carboxylic acids is 1. The van der Waals surface area contributed by atoms with Gasteiger partial charge in [0.25, 0.3) is 0 Å². The lowest BCUT2D eigenvalue weighted by molar-refractivity contribution is -0.120. The molecule has 0 spiro atoms. The zero-order valence-corrected chi connectivity index (χ0v) is 11.4. The second-order valence-electron chi connectivity index (χ2n) is 4.10.